The van der Waals surface area contributed by atoms with Gasteiger partial charge in [0.1, 0.15) is 29.3 Å². The fourth-order valence-corrected chi connectivity index (χ4v) is 2.83. The summed E-state index contributed by atoms with van der Waals surface area (Å²) in [5.74, 6) is 0.167. The standard InChI is InChI=1S/C19H22F2N8O2/c20-18(21)19-27-15(23)2-17(29-19)28-16-1-14(31-12-8-30-9-12)13(7-26-16)10(3-22)4-25-11-5-24-6-11/h1-4,7,11-12,18,24H,5-6,8-9,22H2,(H3,23,26,27,28,29)/b10-3+,25-4?. The van der Waals surface area contributed by atoms with Crippen LogP contribution in [-0.2, 0) is 4.74 Å². The van der Waals surface area contributed by atoms with Crippen LogP contribution in [0.25, 0.3) is 5.57 Å². The molecule has 2 fully saturated rings. The first-order valence-electron chi connectivity index (χ1n) is 9.62. The molecular formula is C19H22F2N8O2. The van der Waals surface area contributed by atoms with Crippen LogP contribution in [-0.4, -0.2) is 59.6 Å². The van der Waals surface area contributed by atoms with Gasteiger partial charge < -0.3 is 31.6 Å². The number of rotatable bonds is 8. The van der Waals surface area contributed by atoms with E-state index in [1.165, 1.54) is 12.3 Å². The predicted molar refractivity (Wildman–Crippen MR) is 111 cm³/mol. The molecule has 0 atom stereocenters. The number of halogens is 2. The van der Waals surface area contributed by atoms with Crippen molar-refractivity contribution in [3.63, 3.8) is 0 Å². The molecule has 2 aliphatic heterocycles. The molecule has 6 N–H and O–H groups in total. The zero-order chi connectivity index (χ0) is 21.8. The summed E-state index contributed by atoms with van der Waals surface area (Å²) in [6.45, 7) is 2.57. The van der Waals surface area contributed by atoms with Gasteiger partial charge in [-0.3, -0.25) is 4.99 Å². The quantitative estimate of drug-likeness (QED) is 0.453. The van der Waals surface area contributed by atoms with Crippen LogP contribution in [0.5, 0.6) is 5.75 Å². The Morgan fingerprint density at radius 1 is 1.29 bits per heavy atom. The predicted octanol–water partition coefficient (Wildman–Crippen LogP) is 1.25. The number of nitrogens with two attached hydrogens (primary N) is 2. The molecule has 2 saturated heterocycles. The van der Waals surface area contributed by atoms with Crippen molar-refractivity contribution in [2.45, 2.75) is 18.6 Å². The average Bonchev–Trinajstić information content (AvgIpc) is 2.67. The van der Waals surface area contributed by atoms with E-state index in [4.69, 9.17) is 20.9 Å². The Morgan fingerprint density at radius 2 is 2.10 bits per heavy atom. The van der Waals surface area contributed by atoms with Gasteiger partial charge in [-0.25, -0.2) is 23.7 Å². The van der Waals surface area contributed by atoms with Gasteiger partial charge in [-0.1, -0.05) is 0 Å². The Bertz CT molecular complexity index is 993. The van der Waals surface area contributed by atoms with E-state index >= 15 is 0 Å². The summed E-state index contributed by atoms with van der Waals surface area (Å²) >= 11 is 0. The van der Waals surface area contributed by atoms with E-state index in [9.17, 15) is 8.78 Å². The lowest BCUT2D eigenvalue weighted by Gasteiger charge is -2.28. The molecule has 0 amide bonds. The normalized spacial score (nSPS) is 17.6. The van der Waals surface area contributed by atoms with Crippen molar-refractivity contribution >= 4 is 29.2 Å². The summed E-state index contributed by atoms with van der Waals surface area (Å²) in [5.41, 5.74) is 12.7. The summed E-state index contributed by atoms with van der Waals surface area (Å²) in [5, 5.41) is 6.01. The lowest BCUT2D eigenvalue weighted by atomic mass is 10.1. The van der Waals surface area contributed by atoms with Crippen LogP contribution in [0.3, 0.4) is 0 Å². The third-order valence-corrected chi connectivity index (χ3v) is 4.66. The molecule has 0 spiro atoms. The highest BCUT2D eigenvalue weighted by atomic mass is 19.3. The first-order valence-corrected chi connectivity index (χ1v) is 9.62. The average molecular weight is 432 g/mol. The van der Waals surface area contributed by atoms with Crippen LogP contribution in [0.4, 0.5) is 26.2 Å². The van der Waals surface area contributed by atoms with Gasteiger partial charge in [-0.2, -0.15) is 0 Å². The minimum absolute atomic E-state index is 0.0810. The summed E-state index contributed by atoms with van der Waals surface area (Å²) < 4.78 is 37.1. The Labute approximate surface area is 176 Å². The number of anilines is 3. The van der Waals surface area contributed by atoms with Gasteiger partial charge in [0.25, 0.3) is 6.43 Å². The maximum absolute atomic E-state index is 13.0. The molecular weight excluding hydrogens is 410 g/mol. The first kappa shape index (κ1) is 20.9. The van der Waals surface area contributed by atoms with E-state index in [1.807, 2.05) is 0 Å². The molecule has 2 aliphatic rings. The molecule has 0 unspecified atom stereocenters. The number of ether oxygens (including phenoxy) is 2. The van der Waals surface area contributed by atoms with E-state index in [1.54, 1.807) is 18.5 Å². The van der Waals surface area contributed by atoms with Crippen molar-refractivity contribution in [3.05, 3.63) is 35.9 Å². The largest absolute Gasteiger partial charge is 0.485 e. The van der Waals surface area contributed by atoms with Crippen LogP contribution < -0.4 is 26.8 Å². The van der Waals surface area contributed by atoms with Crippen LogP contribution >= 0.6 is 0 Å². The fraction of sp³-hybridized carbons (Fsp3) is 0.368. The van der Waals surface area contributed by atoms with Gasteiger partial charge in [0, 0.05) is 55.0 Å². The van der Waals surface area contributed by atoms with Crippen molar-refractivity contribution in [1.29, 1.82) is 0 Å². The smallest absolute Gasteiger partial charge is 0.297 e. The second-order valence-electron chi connectivity index (χ2n) is 7.02. The third kappa shape index (κ3) is 5.03. The molecule has 10 nitrogen and oxygen atoms in total. The molecule has 4 heterocycles. The summed E-state index contributed by atoms with van der Waals surface area (Å²) in [6.07, 6.45) is 1.74. The van der Waals surface area contributed by atoms with E-state index < -0.39 is 12.2 Å². The maximum atomic E-state index is 13.0. The van der Waals surface area contributed by atoms with Crippen molar-refractivity contribution in [2.24, 2.45) is 10.7 Å². The lowest BCUT2D eigenvalue weighted by molar-refractivity contribution is -0.0797. The van der Waals surface area contributed by atoms with Crippen LogP contribution in [0.1, 0.15) is 17.8 Å². The highest BCUT2D eigenvalue weighted by molar-refractivity contribution is 6.10. The minimum Gasteiger partial charge on any atom is -0.485 e. The first-order chi connectivity index (χ1) is 15.0. The van der Waals surface area contributed by atoms with Gasteiger partial charge in [0.2, 0.25) is 0 Å². The Balaban J connectivity index is 1.61. The highest BCUT2D eigenvalue weighted by Gasteiger charge is 2.23. The molecule has 2 aromatic heterocycles. The number of pyridine rings is 1. The van der Waals surface area contributed by atoms with E-state index in [-0.39, 0.29) is 23.8 Å². The Kier molecular flexibility index (Phi) is 6.18. The molecule has 164 valence electrons. The van der Waals surface area contributed by atoms with E-state index in [0.29, 0.717) is 35.9 Å². The summed E-state index contributed by atoms with van der Waals surface area (Å²) in [7, 11) is 0. The van der Waals surface area contributed by atoms with Crippen molar-refractivity contribution < 1.29 is 18.3 Å². The van der Waals surface area contributed by atoms with Crippen LogP contribution in [0.2, 0.25) is 0 Å². The summed E-state index contributed by atoms with van der Waals surface area (Å²) in [4.78, 5) is 16.1. The van der Waals surface area contributed by atoms with Crippen molar-refractivity contribution in [2.75, 3.05) is 37.4 Å². The lowest BCUT2D eigenvalue weighted by Crippen LogP contribution is -2.45. The van der Waals surface area contributed by atoms with Gasteiger partial charge >= 0.3 is 0 Å². The molecule has 12 heteroatoms. The summed E-state index contributed by atoms with van der Waals surface area (Å²) in [6, 6.07) is 3.18. The molecule has 0 radical (unpaired) electrons. The van der Waals surface area contributed by atoms with Crippen molar-refractivity contribution in [1.82, 2.24) is 20.3 Å². The maximum Gasteiger partial charge on any atom is 0.297 e. The number of nitrogen functional groups attached to an aromatic ring is 1. The van der Waals surface area contributed by atoms with Crippen LogP contribution in [0, 0.1) is 0 Å². The van der Waals surface area contributed by atoms with Crippen molar-refractivity contribution in [3.8, 4) is 5.75 Å². The third-order valence-electron chi connectivity index (χ3n) is 4.66. The number of allylic oxidation sites excluding steroid dienone is 1. The minimum atomic E-state index is -2.85. The van der Waals surface area contributed by atoms with Crippen LogP contribution in [0.15, 0.2) is 29.5 Å². The number of hydrogen-bond acceptors (Lipinski definition) is 10. The second kappa shape index (κ2) is 9.18. The molecule has 0 bridgehead atoms. The molecule has 0 saturated carbocycles. The number of nitrogens with one attached hydrogen (secondary N) is 2. The number of aliphatic imine (C=N–C) groups is 1. The number of alkyl halides is 2. The van der Waals surface area contributed by atoms with Gasteiger partial charge in [0.05, 0.1) is 19.3 Å². The van der Waals surface area contributed by atoms with Gasteiger partial charge in [0.15, 0.2) is 5.82 Å². The van der Waals surface area contributed by atoms with Gasteiger partial charge in [-0.05, 0) is 0 Å². The molecule has 4 rings (SSSR count). The van der Waals surface area contributed by atoms with E-state index in [0.717, 1.165) is 13.1 Å². The molecule has 0 aliphatic carbocycles. The topological polar surface area (TPSA) is 146 Å². The highest BCUT2D eigenvalue weighted by Crippen LogP contribution is 2.30. The van der Waals surface area contributed by atoms with E-state index in [2.05, 4.69) is 30.6 Å². The number of hydrogen-bond donors (Lipinski definition) is 4. The second-order valence-corrected chi connectivity index (χ2v) is 7.02. The number of nitrogens with zero attached hydrogens (tertiary/aromatic N) is 4. The zero-order valence-electron chi connectivity index (χ0n) is 16.5. The monoisotopic (exact) mass is 432 g/mol. The SMILES string of the molecule is N/C=C(\C=NC1CNC1)c1cnc(Nc2cc(N)nc(C(F)F)n2)cc1OC1COC1. The Hall–Kier alpha value is -3.38. The van der Waals surface area contributed by atoms with Gasteiger partial charge in [-0.15, -0.1) is 0 Å². The Morgan fingerprint density at radius 3 is 2.71 bits per heavy atom. The molecule has 0 aromatic carbocycles. The fourth-order valence-electron chi connectivity index (χ4n) is 2.83. The molecule has 31 heavy (non-hydrogen) atoms. The zero-order valence-corrected chi connectivity index (χ0v) is 16.5. The number of aromatic nitrogens is 3. The molecule has 2 aromatic rings.